The quantitative estimate of drug-likeness (QED) is 0.420. The Bertz CT molecular complexity index is 844. The summed E-state index contributed by atoms with van der Waals surface area (Å²) in [6.07, 6.45) is 8.13. The number of hydrogen-bond acceptors (Lipinski definition) is 2. The third kappa shape index (κ3) is 4.96. The highest BCUT2D eigenvalue weighted by atomic mass is 32.1. The van der Waals surface area contributed by atoms with E-state index in [1.807, 2.05) is 0 Å². The van der Waals surface area contributed by atoms with E-state index in [1.54, 1.807) is 11.3 Å². The maximum atomic E-state index is 3.62. The van der Waals surface area contributed by atoms with Gasteiger partial charge in [-0.05, 0) is 66.8 Å². The van der Waals surface area contributed by atoms with E-state index >= 15 is 0 Å². The van der Waals surface area contributed by atoms with E-state index in [9.17, 15) is 0 Å². The Morgan fingerprint density at radius 3 is 2.64 bits per heavy atom. The first-order chi connectivity index (χ1) is 12.3. The molecule has 2 aromatic carbocycles. The van der Waals surface area contributed by atoms with Crippen LogP contribution < -0.4 is 5.32 Å². The van der Waals surface area contributed by atoms with Crippen molar-refractivity contribution in [2.24, 2.45) is 0 Å². The molecule has 3 rings (SSSR count). The van der Waals surface area contributed by atoms with Gasteiger partial charge in [0.05, 0.1) is 5.69 Å². The Kier molecular flexibility index (Phi) is 6.30. The maximum Gasteiger partial charge on any atom is 0.0520 e. The molecule has 0 bridgehead atoms. The lowest BCUT2D eigenvalue weighted by atomic mass is 10.0. The third-order valence-electron chi connectivity index (χ3n) is 4.58. The van der Waals surface area contributed by atoms with Gasteiger partial charge in [-0.1, -0.05) is 55.5 Å². The molecule has 0 fully saturated rings. The first-order valence-corrected chi connectivity index (χ1v) is 10.1. The molecule has 1 N–H and O–H groups in total. The molecule has 0 saturated carbocycles. The number of hydrogen-bond donors (Lipinski definition) is 1. The average molecular weight is 350 g/mol. The van der Waals surface area contributed by atoms with Crippen molar-refractivity contribution in [2.75, 3.05) is 5.32 Å². The van der Waals surface area contributed by atoms with Crippen LogP contribution in [0.5, 0.6) is 0 Å². The van der Waals surface area contributed by atoms with Gasteiger partial charge in [0.25, 0.3) is 0 Å². The summed E-state index contributed by atoms with van der Waals surface area (Å²) in [6, 6.07) is 17.6. The molecule has 0 saturated heterocycles. The van der Waals surface area contributed by atoms with Crippen molar-refractivity contribution in [3.05, 3.63) is 76.1 Å². The molecule has 0 radical (unpaired) electrons. The van der Waals surface area contributed by atoms with Crippen molar-refractivity contribution >= 4 is 27.8 Å². The SMILES string of the molecule is CC/C=C(\CCCCc1ccc2ccccc2c1)Nc1ccsc1C. The average Bonchev–Trinajstić information content (AvgIpc) is 3.03. The van der Waals surface area contributed by atoms with Crippen LogP contribution in [0.2, 0.25) is 0 Å². The number of unbranched alkanes of at least 4 members (excludes halogenated alkanes) is 1. The standard InChI is InChI=1S/C23H27NS/c1-3-8-22(24-23-15-16-25-18(23)2)12-7-4-9-19-13-14-20-10-5-6-11-21(20)17-19/h5-6,8,10-11,13-17,24H,3-4,7,9,12H2,1-2H3/b22-8+. The van der Waals surface area contributed by atoms with Crippen LogP contribution in [0.4, 0.5) is 5.69 Å². The van der Waals surface area contributed by atoms with Gasteiger partial charge < -0.3 is 5.32 Å². The molecule has 0 aliphatic rings. The molecule has 2 heteroatoms. The highest BCUT2D eigenvalue weighted by Crippen LogP contribution is 2.24. The molecule has 0 amide bonds. The summed E-state index contributed by atoms with van der Waals surface area (Å²) in [6.45, 7) is 4.38. The zero-order valence-corrected chi connectivity index (χ0v) is 16.0. The molecule has 0 atom stereocenters. The molecular weight excluding hydrogens is 322 g/mol. The second-order valence-corrected chi connectivity index (χ2v) is 7.66. The van der Waals surface area contributed by atoms with E-state index in [4.69, 9.17) is 0 Å². The Morgan fingerprint density at radius 1 is 1.04 bits per heavy atom. The number of anilines is 1. The fraction of sp³-hybridized carbons (Fsp3) is 0.304. The van der Waals surface area contributed by atoms with Crippen LogP contribution in [-0.4, -0.2) is 0 Å². The van der Waals surface area contributed by atoms with Crippen LogP contribution in [0, 0.1) is 6.92 Å². The topological polar surface area (TPSA) is 12.0 Å². The number of benzene rings is 2. The maximum absolute atomic E-state index is 3.62. The monoisotopic (exact) mass is 349 g/mol. The summed E-state index contributed by atoms with van der Waals surface area (Å²) in [5.74, 6) is 0. The van der Waals surface area contributed by atoms with E-state index in [-0.39, 0.29) is 0 Å². The van der Waals surface area contributed by atoms with E-state index < -0.39 is 0 Å². The van der Waals surface area contributed by atoms with Crippen molar-refractivity contribution in [3.8, 4) is 0 Å². The van der Waals surface area contributed by atoms with Gasteiger partial charge >= 0.3 is 0 Å². The van der Waals surface area contributed by atoms with Crippen molar-refractivity contribution in [2.45, 2.75) is 46.0 Å². The molecule has 1 aromatic heterocycles. The number of fused-ring (bicyclic) bond motifs is 1. The first kappa shape index (κ1) is 17.8. The number of thiophene rings is 1. The van der Waals surface area contributed by atoms with Crippen molar-refractivity contribution in [1.29, 1.82) is 0 Å². The van der Waals surface area contributed by atoms with Gasteiger partial charge in [0.1, 0.15) is 0 Å². The van der Waals surface area contributed by atoms with Gasteiger partial charge in [-0.2, -0.15) is 0 Å². The third-order valence-corrected chi connectivity index (χ3v) is 5.43. The lowest BCUT2D eigenvalue weighted by Gasteiger charge is -2.11. The fourth-order valence-electron chi connectivity index (χ4n) is 3.19. The molecule has 0 aliphatic carbocycles. The van der Waals surface area contributed by atoms with Gasteiger partial charge in [0, 0.05) is 10.6 Å². The van der Waals surface area contributed by atoms with Crippen LogP contribution in [-0.2, 0) is 6.42 Å². The van der Waals surface area contributed by atoms with Gasteiger partial charge in [0.15, 0.2) is 0 Å². The second kappa shape index (κ2) is 8.87. The van der Waals surface area contributed by atoms with Crippen LogP contribution in [0.15, 0.2) is 65.7 Å². The van der Waals surface area contributed by atoms with Gasteiger partial charge in [0.2, 0.25) is 0 Å². The summed E-state index contributed by atoms with van der Waals surface area (Å²) >= 11 is 1.80. The summed E-state index contributed by atoms with van der Waals surface area (Å²) in [7, 11) is 0. The molecule has 25 heavy (non-hydrogen) atoms. The Hall–Kier alpha value is -2.06. The highest BCUT2D eigenvalue weighted by molar-refractivity contribution is 7.10. The molecule has 1 nitrogen and oxygen atoms in total. The van der Waals surface area contributed by atoms with Crippen LogP contribution >= 0.6 is 11.3 Å². The Balaban J connectivity index is 1.51. The molecule has 1 heterocycles. The largest absolute Gasteiger partial charge is 0.358 e. The zero-order valence-electron chi connectivity index (χ0n) is 15.2. The summed E-state index contributed by atoms with van der Waals surface area (Å²) < 4.78 is 0. The molecule has 0 spiro atoms. The van der Waals surface area contributed by atoms with Crippen LogP contribution in [0.3, 0.4) is 0 Å². The molecule has 130 valence electrons. The van der Waals surface area contributed by atoms with Crippen molar-refractivity contribution in [1.82, 2.24) is 0 Å². The predicted molar refractivity (Wildman–Crippen MR) is 113 cm³/mol. The van der Waals surface area contributed by atoms with Crippen molar-refractivity contribution < 1.29 is 0 Å². The summed E-state index contributed by atoms with van der Waals surface area (Å²) in [5, 5.41) is 8.45. The lowest BCUT2D eigenvalue weighted by molar-refractivity contribution is 0.730. The zero-order chi connectivity index (χ0) is 17.5. The molecule has 0 aliphatic heterocycles. The smallest absolute Gasteiger partial charge is 0.0520 e. The van der Waals surface area contributed by atoms with Gasteiger partial charge in [-0.15, -0.1) is 11.3 Å². The first-order valence-electron chi connectivity index (χ1n) is 9.24. The summed E-state index contributed by atoms with van der Waals surface area (Å²) in [4.78, 5) is 1.36. The fourth-order valence-corrected chi connectivity index (χ4v) is 3.84. The van der Waals surface area contributed by atoms with E-state index in [0.717, 1.165) is 19.3 Å². The van der Waals surface area contributed by atoms with E-state index in [1.165, 1.54) is 45.4 Å². The lowest BCUT2D eigenvalue weighted by Crippen LogP contribution is -2.00. The van der Waals surface area contributed by atoms with Crippen LogP contribution in [0.25, 0.3) is 10.8 Å². The number of allylic oxidation sites excluding steroid dienone is 2. The molecule has 3 aromatic rings. The molecular formula is C23H27NS. The minimum absolute atomic E-state index is 1.08. The van der Waals surface area contributed by atoms with Crippen molar-refractivity contribution in [3.63, 3.8) is 0 Å². The normalized spacial score (nSPS) is 11.8. The van der Waals surface area contributed by atoms with Crippen LogP contribution in [0.1, 0.15) is 43.0 Å². The van der Waals surface area contributed by atoms with E-state index in [2.05, 4.69) is 79.2 Å². The Labute approximate surface area is 155 Å². The number of aryl methyl sites for hydroxylation is 2. The minimum Gasteiger partial charge on any atom is -0.358 e. The number of nitrogens with one attached hydrogen (secondary N) is 1. The van der Waals surface area contributed by atoms with Gasteiger partial charge in [-0.3, -0.25) is 0 Å². The highest BCUT2D eigenvalue weighted by Gasteiger charge is 2.03. The minimum atomic E-state index is 1.08. The molecule has 0 unspecified atom stereocenters. The second-order valence-electron chi connectivity index (χ2n) is 6.54. The Morgan fingerprint density at radius 2 is 1.88 bits per heavy atom. The number of rotatable bonds is 8. The van der Waals surface area contributed by atoms with Gasteiger partial charge in [-0.25, -0.2) is 0 Å². The predicted octanol–water partition coefficient (Wildman–Crippen LogP) is 7.33. The summed E-state index contributed by atoms with van der Waals surface area (Å²) in [5.41, 5.74) is 4.07. The van der Waals surface area contributed by atoms with E-state index in [0.29, 0.717) is 0 Å².